The van der Waals surface area contributed by atoms with Gasteiger partial charge in [0.05, 0.1) is 15.3 Å². The average molecular weight is 866 g/mol. The lowest BCUT2D eigenvalue weighted by atomic mass is 10.0. The topological polar surface area (TPSA) is 185 Å². The lowest BCUT2D eigenvalue weighted by molar-refractivity contribution is -0.124. The van der Waals surface area contributed by atoms with Crippen LogP contribution in [0.5, 0.6) is 0 Å². The summed E-state index contributed by atoms with van der Waals surface area (Å²) in [6.07, 6.45) is 8.32. The molecule has 0 spiro atoms. The molecule has 0 radical (unpaired) electrons. The number of nitrogens with two attached hydrogens (primary N) is 1. The predicted octanol–water partition coefficient (Wildman–Crippen LogP) is 6.26. The highest BCUT2D eigenvalue weighted by molar-refractivity contribution is 7.93. The van der Waals surface area contributed by atoms with Crippen molar-refractivity contribution in [3.05, 3.63) is 108 Å². The minimum Gasteiger partial charge on any atom is -0.371 e. The van der Waals surface area contributed by atoms with E-state index in [1.807, 2.05) is 25.1 Å². The van der Waals surface area contributed by atoms with Crippen molar-refractivity contribution in [2.45, 2.75) is 60.5 Å². The summed E-state index contributed by atoms with van der Waals surface area (Å²) in [6.45, 7) is 5.10. The van der Waals surface area contributed by atoms with Crippen molar-refractivity contribution >= 4 is 81.2 Å². The van der Waals surface area contributed by atoms with E-state index < -0.39 is 26.1 Å². The molecule has 3 aromatic carbocycles. The second kappa shape index (κ2) is 17.8. The van der Waals surface area contributed by atoms with Gasteiger partial charge in [0.15, 0.2) is 10.3 Å². The van der Waals surface area contributed by atoms with Gasteiger partial charge in [-0.1, -0.05) is 6.07 Å². The van der Waals surface area contributed by atoms with Gasteiger partial charge in [-0.05, 0) is 99.3 Å². The molecule has 0 aliphatic carbocycles. The molecule has 5 N–H and O–H groups in total. The Kier molecular flexibility index (Phi) is 12.6. The third-order valence-corrected chi connectivity index (χ3v) is 14.6. The van der Waals surface area contributed by atoms with Crippen LogP contribution in [0.4, 0.5) is 26.0 Å². The van der Waals surface area contributed by atoms with Crippen LogP contribution in [0.3, 0.4) is 0 Å². The molecule has 58 heavy (non-hydrogen) atoms. The van der Waals surface area contributed by atoms with Crippen LogP contribution in [-0.2, 0) is 24.8 Å². The Bertz CT molecular complexity index is 2500. The molecule has 14 nitrogen and oxygen atoms in total. The average Bonchev–Trinajstić information content (AvgIpc) is 4.02. The Labute approximate surface area is 345 Å². The zero-order valence-electron chi connectivity index (χ0n) is 31.6. The molecule has 5 heterocycles. The maximum absolute atomic E-state index is 14.0. The van der Waals surface area contributed by atoms with Gasteiger partial charge in [0.1, 0.15) is 11.9 Å². The largest absolute Gasteiger partial charge is 0.371 e. The molecule has 1 amide bonds. The number of nitrogens with zero attached hydrogens (tertiary/aromatic N) is 5. The highest BCUT2D eigenvalue weighted by Gasteiger charge is 2.25. The molecule has 19 heteroatoms. The van der Waals surface area contributed by atoms with Gasteiger partial charge < -0.3 is 25.4 Å². The quantitative estimate of drug-likeness (QED) is 0.116. The first-order chi connectivity index (χ1) is 27.9. The molecule has 1 atom stereocenters. The highest BCUT2D eigenvalue weighted by atomic mass is 32.2. The molecule has 3 aromatic heterocycles. The second-order valence-corrected chi connectivity index (χ2v) is 19.2. The number of amides is 1. The van der Waals surface area contributed by atoms with E-state index in [-0.39, 0.29) is 33.6 Å². The zero-order chi connectivity index (χ0) is 40.9. The Morgan fingerprint density at radius 2 is 1.26 bits per heavy atom. The van der Waals surface area contributed by atoms with Crippen molar-refractivity contribution in [2.75, 3.05) is 45.4 Å². The normalized spacial score (nSPS) is 16.1. The summed E-state index contributed by atoms with van der Waals surface area (Å²) in [5.41, 5.74) is 8.56. The highest BCUT2D eigenvalue weighted by Crippen LogP contribution is 2.27. The van der Waals surface area contributed by atoms with Crippen LogP contribution in [-0.4, -0.2) is 75.5 Å². The number of hydrogen-bond acceptors (Lipinski definition) is 12. The summed E-state index contributed by atoms with van der Waals surface area (Å²) in [6, 6.07) is 20.1. The number of aromatic nitrogens is 3. The fraction of sp³-hybridized carbons (Fsp3) is 0.308. The van der Waals surface area contributed by atoms with Crippen molar-refractivity contribution in [2.24, 2.45) is 5.73 Å². The number of fused-ring (bicyclic) bond motifs is 1. The van der Waals surface area contributed by atoms with Gasteiger partial charge in [-0.3, -0.25) is 14.2 Å². The maximum Gasteiger partial charge on any atom is 0.263 e. The molecule has 2 aliphatic heterocycles. The third-order valence-electron chi connectivity index (χ3n) is 10.2. The standard InChI is InChI=1S/C25H26FN5O3S2.C14H18N4O2S2/c1-17(31-15-11-21-22(26)3-2-4-23(21)31)24(32)28-18-9-13-30(14-10-18)19-5-7-20(8-6-19)36(33,34)29-25-27-12-16-35-25;15-11-5-8-18(9-6-11)12-1-3-13(4-2-12)22(19,20)17-14-16-7-10-21-14/h2-8,11-12,15-18H,9-10,13-14H2,1H3,(H,27,29)(H,28,32);1-4,7,10-11H,5-6,8-9,15H2,(H,16,17)/t17-;/m0./s1. The van der Waals surface area contributed by atoms with Gasteiger partial charge in [-0.15, -0.1) is 22.7 Å². The van der Waals surface area contributed by atoms with E-state index in [4.69, 9.17) is 5.73 Å². The number of rotatable bonds is 11. The van der Waals surface area contributed by atoms with Gasteiger partial charge in [0.2, 0.25) is 5.91 Å². The molecular formula is C39H44FN9O5S4. The number of nitrogens with one attached hydrogen (secondary N) is 3. The molecule has 0 unspecified atom stereocenters. The van der Waals surface area contributed by atoms with Crippen LogP contribution in [0.1, 0.15) is 38.6 Å². The molecular weight excluding hydrogens is 822 g/mol. The van der Waals surface area contributed by atoms with Crippen molar-refractivity contribution in [3.8, 4) is 0 Å². The molecule has 2 fully saturated rings. The Morgan fingerprint density at radius 1 is 0.759 bits per heavy atom. The molecule has 2 saturated heterocycles. The maximum atomic E-state index is 14.0. The minimum atomic E-state index is -3.69. The van der Waals surface area contributed by atoms with E-state index in [9.17, 15) is 26.0 Å². The van der Waals surface area contributed by atoms with E-state index >= 15 is 0 Å². The minimum absolute atomic E-state index is 0.0388. The number of carbonyl (C=O) groups excluding carboxylic acids is 1. The number of piperidine rings is 2. The molecule has 306 valence electrons. The Hall–Kier alpha value is -5.08. The van der Waals surface area contributed by atoms with Crippen LogP contribution in [0.25, 0.3) is 10.9 Å². The summed E-state index contributed by atoms with van der Waals surface area (Å²) >= 11 is 2.47. The number of thiazole rings is 2. The zero-order valence-corrected chi connectivity index (χ0v) is 34.8. The first kappa shape index (κ1) is 41.1. The van der Waals surface area contributed by atoms with Crippen LogP contribution < -0.4 is 30.3 Å². The number of benzene rings is 3. The van der Waals surface area contributed by atoms with Crippen molar-refractivity contribution in [1.82, 2.24) is 19.9 Å². The monoisotopic (exact) mass is 865 g/mol. The fourth-order valence-corrected chi connectivity index (χ4v) is 10.5. The number of anilines is 4. The van der Waals surface area contributed by atoms with Crippen LogP contribution in [0, 0.1) is 5.82 Å². The number of halogens is 1. The summed E-state index contributed by atoms with van der Waals surface area (Å²) < 4.78 is 70.4. The van der Waals surface area contributed by atoms with Gasteiger partial charge in [0, 0.05) is 84.4 Å². The lowest BCUT2D eigenvalue weighted by Gasteiger charge is -2.34. The number of hydrogen-bond donors (Lipinski definition) is 4. The smallest absolute Gasteiger partial charge is 0.263 e. The third kappa shape index (κ3) is 9.78. The van der Waals surface area contributed by atoms with Gasteiger partial charge in [0.25, 0.3) is 20.0 Å². The van der Waals surface area contributed by atoms with Crippen LogP contribution in [0.15, 0.2) is 112 Å². The summed E-state index contributed by atoms with van der Waals surface area (Å²) in [7, 11) is -7.27. The lowest BCUT2D eigenvalue weighted by Crippen LogP contribution is -2.46. The van der Waals surface area contributed by atoms with Crippen LogP contribution in [0.2, 0.25) is 0 Å². The Morgan fingerprint density at radius 3 is 1.74 bits per heavy atom. The second-order valence-electron chi connectivity index (χ2n) is 14.0. The molecule has 0 saturated carbocycles. The first-order valence-corrected chi connectivity index (χ1v) is 23.4. The van der Waals surface area contributed by atoms with E-state index in [2.05, 4.69) is 34.5 Å². The summed E-state index contributed by atoms with van der Waals surface area (Å²) in [5.74, 6) is -0.398. The molecule has 6 aromatic rings. The van der Waals surface area contributed by atoms with Crippen LogP contribution >= 0.6 is 22.7 Å². The predicted molar refractivity (Wildman–Crippen MR) is 228 cm³/mol. The van der Waals surface area contributed by atoms with Crippen molar-refractivity contribution in [1.29, 1.82) is 0 Å². The summed E-state index contributed by atoms with van der Waals surface area (Å²) in [5, 5.41) is 7.77. The first-order valence-electron chi connectivity index (χ1n) is 18.7. The van der Waals surface area contributed by atoms with E-state index in [0.717, 1.165) is 63.2 Å². The SMILES string of the molecule is C[C@@H](C(=O)NC1CCN(c2ccc(S(=O)(=O)Nc3nccs3)cc2)CC1)n1ccc2c(F)cccc21.NC1CCN(c2ccc(S(=O)(=O)Nc3nccs3)cc2)CC1. The van der Waals surface area contributed by atoms with Gasteiger partial charge in [-0.2, -0.15) is 0 Å². The van der Waals surface area contributed by atoms with E-state index in [1.165, 1.54) is 28.7 Å². The van der Waals surface area contributed by atoms with E-state index in [0.29, 0.717) is 21.2 Å². The number of sulfonamides is 2. The van der Waals surface area contributed by atoms with Gasteiger partial charge in [-0.25, -0.2) is 31.2 Å². The Balaban J connectivity index is 0.000000199. The van der Waals surface area contributed by atoms with E-state index in [1.54, 1.807) is 82.4 Å². The van der Waals surface area contributed by atoms with Gasteiger partial charge >= 0.3 is 0 Å². The van der Waals surface area contributed by atoms with Crippen molar-refractivity contribution < 1.29 is 26.0 Å². The van der Waals surface area contributed by atoms with Crippen molar-refractivity contribution in [3.63, 3.8) is 0 Å². The molecule has 8 rings (SSSR count). The number of carbonyl (C=O) groups is 1. The molecule has 0 bridgehead atoms. The molecule has 2 aliphatic rings. The fourth-order valence-electron chi connectivity index (χ4n) is 6.94. The summed E-state index contributed by atoms with van der Waals surface area (Å²) in [4.78, 5) is 25.6.